The quantitative estimate of drug-likeness (QED) is 0.806. The van der Waals surface area contributed by atoms with Gasteiger partial charge in [-0.05, 0) is 37.7 Å². The topological polar surface area (TPSA) is 49.0 Å². The van der Waals surface area contributed by atoms with Crippen LogP contribution in [0.3, 0.4) is 0 Å². The average molecular weight is 233 g/mol. The molecule has 1 aromatic heterocycles. The van der Waals surface area contributed by atoms with Crippen molar-refractivity contribution in [2.45, 2.75) is 44.6 Å². The van der Waals surface area contributed by atoms with Gasteiger partial charge in [-0.15, -0.1) is 0 Å². The van der Waals surface area contributed by atoms with E-state index in [0.717, 1.165) is 18.3 Å². The molecule has 1 saturated carbocycles. The number of nitrogens with one attached hydrogen (secondary N) is 1. The Bertz CT molecular complexity index is 420. The van der Waals surface area contributed by atoms with Gasteiger partial charge >= 0.3 is 0 Å². The summed E-state index contributed by atoms with van der Waals surface area (Å²) in [6.45, 7) is 1.08. The van der Waals surface area contributed by atoms with E-state index in [1.54, 1.807) is 6.07 Å². The van der Waals surface area contributed by atoms with E-state index in [9.17, 15) is 4.79 Å². The Kier molecular flexibility index (Phi) is 2.87. The minimum atomic E-state index is -0.119. The van der Waals surface area contributed by atoms with Crippen LogP contribution < -0.4 is 10.5 Å². The van der Waals surface area contributed by atoms with Gasteiger partial charge in [-0.25, -0.2) is 5.10 Å². The zero-order valence-electron chi connectivity index (χ0n) is 10.1. The highest BCUT2D eigenvalue weighted by Crippen LogP contribution is 2.36. The Hall–Kier alpha value is -1.32. The molecule has 0 radical (unpaired) electrons. The van der Waals surface area contributed by atoms with E-state index >= 15 is 0 Å². The average Bonchev–Trinajstić information content (AvgIpc) is 2.39. The van der Waals surface area contributed by atoms with Gasteiger partial charge < -0.3 is 4.90 Å². The van der Waals surface area contributed by atoms with Crippen molar-refractivity contribution < 1.29 is 0 Å². The van der Waals surface area contributed by atoms with Crippen LogP contribution in [0, 0.1) is 5.92 Å². The fourth-order valence-corrected chi connectivity index (χ4v) is 3.41. The lowest BCUT2D eigenvalue weighted by Gasteiger charge is -2.44. The third kappa shape index (κ3) is 2.08. The number of hydrogen-bond donors (Lipinski definition) is 1. The number of aromatic nitrogens is 2. The van der Waals surface area contributed by atoms with Crippen molar-refractivity contribution in [1.29, 1.82) is 0 Å². The summed E-state index contributed by atoms with van der Waals surface area (Å²) in [5.74, 6) is 1.78. The van der Waals surface area contributed by atoms with Crippen LogP contribution in [0.5, 0.6) is 0 Å². The van der Waals surface area contributed by atoms with Crippen LogP contribution in [0.1, 0.15) is 38.5 Å². The molecule has 2 heterocycles. The molecule has 0 aromatic carbocycles. The fourth-order valence-electron chi connectivity index (χ4n) is 3.41. The number of H-pyrrole nitrogens is 1. The molecule has 17 heavy (non-hydrogen) atoms. The summed E-state index contributed by atoms with van der Waals surface area (Å²) in [6.07, 6.45) is 7.98. The van der Waals surface area contributed by atoms with E-state index in [0.29, 0.717) is 6.04 Å². The highest BCUT2D eigenvalue weighted by Gasteiger charge is 2.33. The summed E-state index contributed by atoms with van der Waals surface area (Å²) < 4.78 is 0. The van der Waals surface area contributed by atoms with Gasteiger partial charge in [0.15, 0.2) is 0 Å². The SMILES string of the molecule is O=c1ccc(N2CCC[C@H]3CCCC[C@@H]32)n[nH]1. The maximum Gasteiger partial charge on any atom is 0.264 e. The van der Waals surface area contributed by atoms with E-state index in [4.69, 9.17) is 0 Å². The second-order valence-electron chi connectivity index (χ2n) is 5.23. The second-order valence-corrected chi connectivity index (χ2v) is 5.23. The molecule has 1 aliphatic heterocycles. The molecular weight excluding hydrogens is 214 g/mol. The third-order valence-electron chi connectivity index (χ3n) is 4.20. The molecule has 2 aliphatic rings. The van der Waals surface area contributed by atoms with Crippen LogP contribution in [0.15, 0.2) is 16.9 Å². The number of rotatable bonds is 1. The van der Waals surface area contributed by atoms with Crippen molar-refractivity contribution in [3.05, 3.63) is 22.5 Å². The molecule has 1 aliphatic carbocycles. The number of piperidine rings is 1. The summed E-state index contributed by atoms with van der Waals surface area (Å²) in [6, 6.07) is 4.08. The lowest BCUT2D eigenvalue weighted by atomic mass is 9.78. The van der Waals surface area contributed by atoms with Gasteiger partial charge in [0.2, 0.25) is 0 Å². The molecule has 1 aromatic rings. The van der Waals surface area contributed by atoms with Crippen molar-refractivity contribution >= 4 is 5.82 Å². The number of hydrogen-bond acceptors (Lipinski definition) is 3. The van der Waals surface area contributed by atoms with Crippen molar-refractivity contribution in [1.82, 2.24) is 10.2 Å². The second kappa shape index (κ2) is 4.51. The monoisotopic (exact) mass is 233 g/mol. The summed E-state index contributed by atoms with van der Waals surface area (Å²) in [7, 11) is 0. The van der Waals surface area contributed by atoms with Gasteiger partial charge in [-0.1, -0.05) is 12.8 Å². The smallest absolute Gasteiger partial charge is 0.264 e. The van der Waals surface area contributed by atoms with Gasteiger partial charge in [0.1, 0.15) is 5.82 Å². The normalized spacial score (nSPS) is 28.8. The first-order valence-electron chi connectivity index (χ1n) is 6.67. The van der Waals surface area contributed by atoms with Crippen LogP contribution in [-0.4, -0.2) is 22.8 Å². The molecule has 0 unspecified atom stereocenters. The van der Waals surface area contributed by atoms with Crippen molar-refractivity contribution in [2.24, 2.45) is 5.92 Å². The first kappa shape index (κ1) is 10.8. The summed E-state index contributed by atoms with van der Waals surface area (Å²) in [4.78, 5) is 13.5. The largest absolute Gasteiger partial charge is 0.352 e. The molecule has 92 valence electrons. The molecule has 4 heteroatoms. The predicted molar refractivity (Wildman–Crippen MR) is 67.2 cm³/mol. The van der Waals surface area contributed by atoms with Crippen molar-refractivity contribution in [3.8, 4) is 0 Å². The lowest BCUT2D eigenvalue weighted by Crippen LogP contribution is -2.47. The highest BCUT2D eigenvalue weighted by molar-refractivity contribution is 5.39. The van der Waals surface area contributed by atoms with Crippen molar-refractivity contribution in [3.63, 3.8) is 0 Å². The minimum Gasteiger partial charge on any atom is -0.352 e. The molecule has 1 N–H and O–H groups in total. The van der Waals surface area contributed by atoms with Crippen molar-refractivity contribution in [2.75, 3.05) is 11.4 Å². The Balaban J connectivity index is 1.85. The molecule has 2 atom stereocenters. The number of fused-ring (bicyclic) bond motifs is 1. The van der Waals surface area contributed by atoms with Gasteiger partial charge in [0.25, 0.3) is 5.56 Å². The van der Waals surface area contributed by atoms with Gasteiger partial charge in [-0.3, -0.25) is 4.79 Å². The Labute approximate surface area is 101 Å². The predicted octanol–water partition coefficient (Wildman–Crippen LogP) is 1.93. The van der Waals surface area contributed by atoms with Gasteiger partial charge in [0, 0.05) is 18.7 Å². The zero-order valence-corrected chi connectivity index (χ0v) is 10.1. The summed E-state index contributed by atoms with van der Waals surface area (Å²) in [5, 5.41) is 6.73. The van der Waals surface area contributed by atoms with E-state index in [2.05, 4.69) is 15.1 Å². The Morgan fingerprint density at radius 3 is 2.82 bits per heavy atom. The van der Waals surface area contributed by atoms with Gasteiger partial charge in [-0.2, -0.15) is 5.10 Å². The lowest BCUT2D eigenvalue weighted by molar-refractivity contribution is 0.242. The highest BCUT2D eigenvalue weighted by atomic mass is 16.1. The first-order valence-corrected chi connectivity index (χ1v) is 6.67. The van der Waals surface area contributed by atoms with Crippen LogP contribution >= 0.6 is 0 Å². The number of aromatic amines is 1. The van der Waals surface area contributed by atoms with Crippen LogP contribution in [0.25, 0.3) is 0 Å². The van der Waals surface area contributed by atoms with Crippen LogP contribution in [0.2, 0.25) is 0 Å². The number of anilines is 1. The summed E-state index contributed by atoms with van der Waals surface area (Å²) in [5.41, 5.74) is -0.119. The molecule has 2 fully saturated rings. The van der Waals surface area contributed by atoms with E-state index < -0.39 is 0 Å². The van der Waals surface area contributed by atoms with Crippen LogP contribution in [0.4, 0.5) is 5.82 Å². The maximum atomic E-state index is 11.1. The third-order valence-corrected chi connectivity index (χ3v) is 4.20. The van der Waals surface area contributed by atoms with E-state index in [1.165, 1.54) is 38.5 Å². The van der Waals surface area contributed by atoms with E-state index in [-0.39, 0.29) is 5.56 Å². The molecule has 0 bridgehead atoms. The molecule has 1 saturated heterocycles. The molecule has 4 nitrogen and oxygen atoms in total. The Morgan fingerprint density at radius 2 is 2.00 bits per heavy atom. The first-order chi connectivity index (χ1) is 8.34. The zero-order chi connectivity index (χ0) is 11.7. The fraction of sp³-hybridized carbons (Fsp3) is 0.692. The Morgan fingerprint density at radius 1 is 1.18 bits per heavy atom. The maximum absolute atomic E-state index is 11.1. The molecule has 0 amide bonds. The van der Waals surface area contributed by atoms with Crippen LogP contribution in [-0.2, 0) is 0 Å². The standard InChI is InChI=1S/C13H19N3O/c17-13-8-7-12(14-15-13)16-9-3-5-10-4-1-2-6-11(10)16/h7-8,10-11H,1-6,9H2,(H,15,17)/t10-,11+/m1/s1. The van der Waals surface area contributed by atoms with E-state index in [1.807, 2.05) is 6.07 Å². The van der Waals surface area contributed by atoms with Gasteiger partial charge in [0.05, 0.1) is 0 Å². The molecular formula is C13H19N3O. The molecule has 0 spiro atoms. The summed E-state index contributed by atoms with van der Waals surface area (Å²) >= 11 is 0. The minimum absolute atomic E-state index is 0.119. The number of nitrogens with zero attached hydrogens (tertiary/aromatic N) is 2. The molecule has 3 rings (SSSR count).